The van der Waals surface area contributed by atoms with Crippen LogP contribution in [0.5, 0.6) is 0 Å². The molecule has 0 spiro atoms. The van der Waals surface area contributed by atoms with E-state index in [0.29, 0.717) is 5.02 Å². The number of aromatic nitrogens is 2. The third-order valence-corrected chi connectivity index (χ3v) is 2.68. The lowest BCUT2D eigenvalue weighted by Gasteiger charge is -1.98. The molecule has 0 unspecified atom stereocenters. The number of benzene rings is 1. The van der Waals surface area contributed by atoms with Crippen LogP contribution in [0.3, 0.4) is 0 Å². The number of aromatic amines is 1. The number of nitrogens with zero attached hydrogens (tertiary/aromatic N) is 2. The molecule has 0 atom stereocenters. The zero-order valence-electron chi connectivity index (χ0n) is 10.0. The van der Waals surface area contributed by atoms with E-state index in [1.54, 1.807) is 30.3 Å². The Kier molecular flexibility index (Phi) is 3.81. The Morgan fingerprint density at radius 3 is 2.55 bits per heavy atom. The van der Waals surface area contributed by atoms with Crippen molar-refractivity contribution in [2.24, 2.45) is 0 Å². The van der Waals surface area contributed by atoms with Crippen molar-refractivity contribution in [2.75, 3.05) is 5.73 Å². The highest BCUT2D eigenvalue weighted by Gasteiger charge is 2.19. The van der Waals surface area contributed by atoms with Crippen LogP contribution in [-0.4, -0.2) is 14.9 Å². The number of halogens is 1. The van der Waals surface area contributed by atoms with Crippen LogP contribution in [0.1, 0.15) is 11.3 Å². The van der Waals surface area contributed by atoms with E-state index in [1.165, 1.54) is 6.08 Å². The van der Waals surface area contributed by atoms with E-state index in [2.05, 4.69) is 9.97 Å². The number of nitro groups is 1. The van der Waals surface area contributed by atoms with Gasteiger partial charge in [-0.1, -0.05) is 29.8 Å². The minimum absolute atomic E-state index is 0.105. The summed E-state index contributed by atoms with van der Waals surface area (Å²) in [6.07, 6.45) is 2.93. The summed E-state index contributed by atoms with van der Waals surface area (Å²) in [5.74, 6) is -0.184. The monoisotopic (exact) mass is 292 g/mol. The van der Waals surface area contributed by atoms with E-state index < -0.39 is 16.2 Å². The highest BCUT2D eigenvalue weighted by atomic mass is 35.5. The van der Waals surface area contributed by atoms with Gasteiger partial charge >= 0.3 is 11.2 Å². The number of rotatable bonds is 3. The van der Waals surface area contributed by atoms with Crippen LogP contribution in [-0.2, 0) is 0 Å². The fourth-order valence-electron chi connectivity index (χ4n) is 1.54. The molecule has 0 aliphatic heterocycles. The van der Waals surface area contributed by atoms with E-state index in [1.807, 2.05) is 0 Å². The van der Waals surface area contributed by atoms with E-state index >= 15 is 0 Å². The van der Waals surface area contributed by atoms with Crippen LogP contribution in [0.4, 0.5) is 11.6 Å². The van der Waals surface area contributed by atoms with Crippen LogP contribution in [0.25, 0.3) is 12.2 Å². The van der Waals surface area contributed by atoms with Crippen LogP contribution >= 0.6 is 11.6 Å². The number of nitrogen functional groups attached to an aromatic ring is 1. The SMILES string of the molecule is Nc1nc(C=Cc2ccc(Cl)cc2)c([N+](=O)[O-])c(=O)[nH]1. The van der Waals surface area contributed by atoms with Gasteiger partial charge < -0.3 is 5.73 Å². The van der Waals surface area contributed by atoms with Gasteiger partial charge in [-0.3, -0.25) is 19.9 Å². The first-order valence-electron chi connectivity index (χ1n) is 5.45. The molecule has 0 saturated heterocycles. The van der Waals surface area contributed by atoms with Gasteiger partial charge in [0.25, 0.3) is 0 Å². The summed E-state index contributed by atoms with van der Waals surface area (Å²) >= 11 is 5.75. The second-order valence-corrected chi connectivity index (χ2v) is 4.26. The first-order chi connectivity index (χ1) is 9.47. The van der Waals surface area contributed by atoms with Crippen molar-refractivity contribution < 1.29 is 4.92 Å². The Hall–Kier alpha value is -2.67. The van der Waals surface area contributed by atoms with Crippen molar-refractivity contribution in [3.05, 3.63) is 61.0 Å². The molecule has 1 heterocycles. The fraction of sp³-hybridized carbons (Fsp3) is 0. The molecular formula is C12H9ClN4O3. The Labute approximate surface area is 117 Å². The Morgan fingerprint density at radius 2 is 1.95 bits per heavy atom. The van der Waals surface area contributed by atoms with Gasteiger partial charge in [-0.25, -0.2) is 4.98 Å². The number of nitrogens with one attached hydrogen (secondary N) is 1. The number of H-pyrrole nitrogens is 1. The largest absolute Gasteiger partial charge is 0.369 e. The number of hydrogen-bond acceptors (Lipinski definition) is 5. The van der Waals surface area contributed by atoms with Gasteiger partial charge in [-0.2, -0.15) is 0 Å². The second-order valence-electron chi connectivity index (χ2n) is 3.83. The topological polar surface area (TPSA) is 115 Å². The summed E-state index contributed by atoms with van der Waals surface area (Å²) in [6.45, 7) is 0. The summed E-state index contributed by atoms with van der Waals surface area (Å²) in [4.78, 5) is 27.4. The zero-order valence-corrected chi connectivity index (χ0v) is 10.8. The van der Waals surface area contributed by atoms with Gasteiger partial charge in [0.15, 0.2) is 5.69 Å². The van der Waals surface area contributed by atoms with Crippen molar-refractivity contribution in [1.82, 2.24) is 9.97 Å². The summed E-state index contributed by atoms with van der Waals surface area (Å²) in [5, 5.41) is 11.4. The second kappa shape index (κ2) is 5.54. The van der Waals surface area contributed by atoms with E-state index in [-0.39, 0.29) is 11.6 Å². The van der Waals surface area contributed by atoms with Crippen molar-refractivity contribution in [3.63, 3.8) is 0 Å². The van der Waals surface area contributed by atoms with Crippen molar-refractivity contribution >= 4 is 35.4 Å². The summed E-state index contributed by atoms with van der Waals surface area (Å²) in [7, 11) is 0. The maximum atomic E-state index is 11.5. The average molecular weight is 293 g/mol. The van der Waals surface area contributed by atoms with Crippen molar-refractivity contribution in [2.45, 2.75) is 0 Å². The predicted octanol–water partition coefficient (Wildman–Crippen LogP) is 2.08. The molecule has 0 saturated carbocycles. The maximum absolute atomic E-state index is 11.5. The molecular weight excluding hydrogens is 284 g/mol. The van der Waals surface area contributed by atoms with Gasteiger partial charge in [0.2, 0.25) is 5.95 Å². The van der Waals surface area contributed by atoms with E-state index in [9.17, 15) is 14.9 Å². The minimum Gasteiger partial charge on any atom is -0.369 e. The lowest BCUT2D eigenvalue weighted by molar-refractivity contribution is -0.386. The highest BCUT2D eigenvalue weighted by Crippen LogP contribution is 2.16. The smallest absolute Gasteiger partial charge is 0.359 e. The third kappa shape index (κ3) is 3.01. The highest BCUT2D eigenvalue weighted by molar-refractivity contribution is 6.30. The van der Waals surface area contributed by atoms with E-state index in [4.69, 9.17) is 17.3 Å². The summed E-state index contributed by atoms with van der Waals surface area (Å²) in [6, 6.07) is 6.80. The number of nitrogens with two attached hydrogens (primary N) is 1. The molecule has 0 aliphatic rings. The first kappa shape index (κ1) is 13.8. The normalized spacial score (nSPS) is 10.8. The molecule has 0 fully saturated rings. The minimum atomic E-state index is -0.891. The molecule has 3 N–H and O–H groups in total. The molecule has 0 aliphatic carbocycles. The van der Waals surface area contributed by atoms with Crippen LogP contribution in [0.15, 0.2) is 29.1 Å². The molecule has 2 aromatic rings. The molecule has 7 nitrogen and oxygen atoms in total. The Bertz CT molecular complexity index is 737. The molecule has 2 rings (SSSR count). The molecule has 20 heavy (non-hydrogen) atoms. The summed E-state index contributed by atoms with van der Waals surface area (Å²) in [5.41, 5.74) is 4.49. The lowest BCUT2D eigenvalue weighted by Crippen LogP contribution is -2.17. The molecule has 102 valence electrons. The zero-order chi connectivity index (χ0) is 14.7. The third-order valence-electron chi connectivity index (χ3n) is 2.43. The summed E-state index contributed by atoms with van der Waals surface area (Å²) < 4.78 is 0. The van der Waals surface area contributed by atoms with Crippen LogP contribution in [0, 0.1) is 10.1 Å². The van der Waals surface area contributed by atoms with E-state index in [0.717, 1.165) is 5.56 Å². The molecule has 1 aromatic carbocycles. The molecule has 0 radical (unpaired) electrons. The quantitative estimate of drug-likeness (QED) is 0.664. The predicted molar refractivity (Wildman–Crippen MR) is 76.3 cm³/mol. The van der Waals surface area contributed by atoms with Gasteiger partial charge in [0.1, 0.15) is 0 Å². The van der Waals surface area contributed by atoms with Gasteiger partial charge in [0, 0.05) is 5.02 Å². The number of anilines is 1. The standard InChI is InChI=1S/C12H9ClN4O3/c13-8-4-1-7(2-5-8)3-6-9-10(17(19)20)11(18)16-12(14)15-9/h1-6H,(H3,14,15,16,18). The van der Waals surface area contributed by atoms with Crippen LogP contribution < -0.4 is 11.3 Å². The van der Waals surface area contributed by atoms with Crippen LogP contribution in [0.2, 0.25) is 5.02 Å². The molecule has 1 aromatic heterocycles. The molecule has 8 heteroatoms. The van der Waals surface area contributed by atoms with Crippen molar-refractivity contribution in [1.29, 1.82) is 0 Å². The van der Waals surface area contributed by atoms with Crippen molar-refractivity contribution in [3.8, 4) is 0 Å². The fourth-order valence-corrected chi connectivity index (χ4v) is 1.67. The molecule has 0 amide bonds. The van der Waals surface area contributed by atoms with Gasteiger partial charge in [-0.05, 0) is 23.8 Å². The number of hydrogen-bond donors (Lipinski definition) is 2. The van der Waals surface area contributed by atoms with Gasteiger partial charge in [-0.15, -0.1) is 0 Å². The maximum Gasteiger partial charge on any atom is 0.359 e. The Balaban J connectivity index is 2.45. The average Bonchev–Trinajstić information content (AvgIpc) is 2.36. The van der Waals surface area contributed by atoms with Gasteiger partial charge in [0.05, 0.1) is 4.92 Å². The lowest BCUT2D eigenvalue weighted by atomic mass is 10.2. The Morgan fingerprint density at radius 1 is 1.30 bits per heavy atom. The first-order valence-corrected chi connectivity index (χ1v) is 5.83. The molecule has 0 bridgehead atoms.